The van der Waals surface area contributed by atoms with Crippen molar-refractivity contribution in [1.82, 2.24) is 10.2 Å². The number of rotatable bonds is 8. The van der Waals surface area contributed by atoms with Gasteiger partial charge < -0.3 is 20.4 Å². The van der Waals surface area contributed by atoms with Crippen LogP contribution in [-0.4, -0.2) is 57.1 Å². The molecule has 1 amide bonds. The van der Waals surface area contributed by atoms with E-state index >= 15 is 0 Å². The third-order valence-corrected chi connectivity index (χ3v) is 5.00. The molecule has 0 bridgehead atoms. The largest absolute Gasteiger partial charge is 0.376 e. The molecule has 1 aliphatic rings. The first-order chi connectivity index (χ1) is 13.2. The summed E-state index contributed by atoms with van der Waals surface area (Å²) in [6, 6.07) is 18.7. The highest BCUT2D eigenvalue weighted by atomic mass is 16.1. The minimum absolute atomic E-state index is 0.0335. The average molecular weight is 367 g/mol. The summed E-state index contributed by atoms with van der Waals surface area (Å²) >= 11 is 0. The number of aryl methyl sites for hydroxylation is 1. The summed E-state index contributed by atoms with van der Waals surface area (Å²) in [5.74, 6) is 0.0335. The molecule has 2 aromatic carbocycles. The SMILES string of the molecule is CN1CCN(c2ccc(NCC(=O)NCCCc3ccccc3)cc2)CC1. The second-order valence-corrected chi connectivity index (χ2v) is 7.13. The quantitative estimate of drug-likeness (QED) is 0.705. The first-order valence-corrected chi connectivity index (χ1v) is 9.79. The minimum atomic E-state index is 0.0335. The van der Waals surface area contributed by atoms with E-state index in [0.29, 0.717) is 13.1 Å². The fourth-order valence-electron chi connectivity index (χ4n) is 3.26. The van der Waals surface area contributed by atoms with Crippen LogP contribution >= 0.6 is 0 Å². The number of hydrogen-bond acceptors (Lipinski definition) is 4. The second kappa shape index (κ2) is 9.97. The van der Waals surface area contributed by atoms with E-state index in [2.05, 4.69) is 63.9 Å². The van der Waals surface area contributed by atoms with Crippen LogP contribution in [0.3, 0.4) is 0 Å². The predicted molar refractivity (Wildman–Crippen MR) is 112 cm³/mol. The van der Waals surface area contributed by atoms with Gasteiger partial charge in [0.1, 0.15) is 0 Å². The highest BCUT2D eigenvalue weighted by Crippen LogP contribution is 2.19. The molecule has 5 nitrogen and oxygen atoms in total. The van der Waals surface area contributed by atoms with Crippen molar-refractivity contribution >= 4 is 17.3 Å². The molecule has 2 N–H and O–H groups in total. The maximum atomic E-state index is 12.0. The molecule has 144 valence electrons. The van der Waals surface area contributed by atoms with Gasteiger partial charge >= 0.3 is 0 Å². The van der Waals surface area contributed by atoms with Gasteiger partial charge in [0.15, 0.2) is 0 Å². The summed E-state index contributed by atoms with van der Waals surface area (Å²) in [4.78, 5) is 16.7. The number of hydrogen-bond donors (Lipinski definition) is 2. The van der Waals surface area contributed by atoms with Gasteiger partial charge in [-0.05, 0) is 49.7 Å². The normalized spacial score (nSPS) is 14.8. The number of benzene rings is 2. The van der Waals surface area contributed by atoms with Crippen molar-refractivity contribution in [3.63, 3.8) is 0 Å². The van der Waals surface area contributed by atoms with E-state index in [-0.39, 0.29) is 5.91 Å². The maximum absolute atomic E-state index is 12.0. The number of nitrogens with zero attached hydrogens (tertiary/aromatic N) is 2. The molecule has 3 rings (SSSR count). The van der Waals surface area contributed by atoms with Crippen LogP contribution in [0.4, 0.5) is 11.4 Å². The predicted octanol–water partition coefficient (Wildman–Crippen LogP) is 2.60. The maximum Gasteiger partial charge on any atom is 0.239 e. The van der Waals surface area contributed by atoms with Crippen molar-refractivity contribution < 1.29 is 4.79 Å². The highest BCUT2D eigenvalue weighted by Gasteiger charge is 2.13. The molecule has 0 unspecified atom stereocenters. The summed E-state index contributed by atoms with van der Waals surface area (Å²) < 4.78 is 0. The van der Waals surface area contributed by atoms with Crippen LogP contribution in [0.15, 0.2) is 54.6 Å². The fourth-order valence-corrected chi connectivity index (χ4v) is 3.26. The van der Waals surface area contributed by atoms with Gasteiger partial charge in [0.2, 0.25) is 5.91 Å². The number of carbonyl (C=O) groups is 1. The zero-order valence-corrected chi connectivity index (χ0v) is 16.2. The molecule has 0 radical (unpaired) electrons. The topological polar surface area (TPSA) is 47.6 Å². The third kappa shape index (κ3) is 6.29. The summed E-state index contributed by atoms with van der Waals surface area (Å²) in [6.45, 7) is 5.34. The van der Waals surface area contributed by atoms with Crippen LogP contribution in [0.25, 0.3) is 0 Å². The van der Waals surface area contributed by atoms with Crippen LogP contribution in [0.1, 0.15) is 12.0 Å². The van der Waals surface area contributed by atoms with Crippen molar-refractivity contribution in [3.05, 3.63) is 60.2 Å². The number of anilines is 2. The Labute approximate surface area is 162 Å². The Bertz CT molecular complexity index is 694. The second-order valence-electron chi connectivity index (χ2n) is 7.13. The minimum Gasteiger partial charge on any atom is -0.376 e. The Kier molecular flexibility index (Phi) is 7.11. The van der Waals surface area contributed by atoms with Crippen LogP contribution in [0, 0.1) is 0 Å². The number of piperazine rings is 1. The number of amides is 1. The standard InChI is InChI=1S/C22H30N4O/c1-25-14-16-26(17-15-25)21-11-9-20(10-12-21)24-18-22(27)23-13-5-8-19-6-3-2-4-7-19/h2-4,6-7,9-12,24H,5,8,13-18H2,1H3,(H,23,27). The van der Waals surface area contributed by atoms with Gasteiger partial charge in [-0.3, -0.25) is 4.79 Å². The van der Waals surface area contributed by atoms with Crippen molar-refractivity contribution in [2.45, 2.75) is 12.8 Å². The van der Waals surface area contributed by atoms with E-state index in [1.54, 1.807) is 0 Å². The fraction of sp³-hybridized carbons (Fsp3) is 0.409. The molecule has 0 saturated carbocycles. The monoisotopic (exact) mass is 366 g/mol. The molecule has 1 aliphatic heterocycles. The lowest BCUT2D eigenvalue weighted by atomic mass is 10.1. The first kappa shape index (κ1) is 19.2. The zero-order valence-electron chi connectivity index (χ0n) is 16.2. The van der Waals surface area contributed by atoms with Gasteiger partial charge in [0.25, 0.3) is 0 Å². The van der Waals surface area contributed by atoms with E-state index in [1.165, 1.54) is 11.3 Å². The molecule has 27 heavy (non-hydrogen) atoms. The molecule has 2 aromatic rings. The lowest BCUT2D eigenvalue weighted by molar-refractivity contribution is -0.119. The Morgan fingerprint density at radius 3 is 2.37 bits per heavy atom. The Morgan fingerprint density at radius 1 is 0.963 bits per heavy atom. The number of nitrogens with one attached hydrogen (secondary N) is 2. The first-order valence-electron chi connectivity index (χ1n) is 9.79. The summed E-state index contributed by atoms with van der Waals surface area (Å²) in [6.07, 6.45) is 1.94. The van der Waals surface area contributed by atoms with E-state index < -0.39 is 0 Å². The molecular formula is C22H30N4O. The smallest absolute Gasteiger partial charge is 0.239 e. The molecule has 0 atom stereocenters. The van der Waals surface area contributed by atoms with Gasteiger partial charge in [-0.25, -0.2) is 0 Å². The van der Waals surface area contributed by atoms with Gasteiger partial charge in [0.05, 0.1) is 6.54 Å². The summed E-state index contributed by atoms with van der Waals surface area (Å²) in [7, 11) is 2.16. The molecular weight excluding hydrogens is 336 g/mol. The molecule has 0 aromatic heterocycles. The van der Waals surface area contributed by atoms with Crippen LogP contribution in [0.5, 0.6) is 0 Å². The molecule has 1 saturated heterocycles. The third-order valence-electron chi connectivity index (χ3n) is 5.00. The van der Waals surface area contributed by atoms with Crippen molar-refractivity contribution in [2.75, 3.05) is 56.5 Å². The lowest BCUT2D eigenvalue weighted by Crippen LogP contribution is -2.44. The highest BCUT2D eigenvalue weighted by molar-refractivity contribution is 5.80. The zero-order chi connectivity index (χ0) is 18.9. The summed E-state index contributed by atoms with van der Waals surface area (Å²) in [5.41, 5.74) is 3.54. The number of carbonyl (C=O) groups excluding carboxylic acids is 1. The molecule has 0 spiro atoms. The van der Waals surface area contributed by atoms with Crippen LogP contribution in [0.2, 0.25) is 0 Å². The van der Waals surface area contributed by atoms with Gasteiger partial charge in [0, 0.05) is 44.1 Å². The van der Waals surface area contributed by atoms with Gasteiger partial charge in [-0.1, -0.05) is 30.3 Å². The van der Waals surface area contributed by atoms with Crippen molar-refractivity contribution in [1.29, 1.82) is 0 Å². The average Bonchev–Trinajstić information content (AvgIpc) is 2.71. The van der Waals surface area contributed by atoms with Crippen molar-refractivity contribution in [2.24, 2.45) is 0 Å². The van der Waals surface area contributed by atoms with Crippen molar-refractivity contribution in [3.8, 4) is 0 Å². The lowest BCUT2D eigenvalue weighted by Gasteiger charge is -2.34. The Hall–Kier alpha value is -2.53. The van der Waals surface area contributed by atoms with E-state index in [1.807, 2.05) is 18.2 Å². The van der Waals surface area contributed by atoms with E-state index in [9.17, 15) is 4.79 Å². The van der Waals surface area contributed by atoms with Crippen LogP contribution < -0.4 is 15.5 Å². The summed E-state index contributed by atoms with van der Waals surface area (Å²) in [5, 5.41) is 6.18. The van der Waals surface area contributed by atoms with Gasteiger partial charge in [-0.15, -0.1) is 0 Å². The van der Waals surface area contributed by atoms with E-state index in [0.717, 1.165) is 44.7 Å². The Morgan fingerprint density at radius 2 is 1.67 bits per heavy atom. The Balaban J connectivity index is 1.34. The van der Waals surface area contributed by atoms with Crippen LogP contribution in [-0.2, 0) is 11.2 Å². The molecule has 0 aliphatic carbocycles. The molecule has 1 fully saturated rings. The van der Waals surface area contributed by atoms with Gasteiger partial charge in [-0.2, -0.15) is 0 Å². The number of likely N-dealkylation sites (N-methyl/N-ethyl adjacent to an activating group) is 1. The molecule has 5 heteroatoms. The van der Waals surface area contributed by atoms with E-state index in [4.69, 9.17) is 0 Å². The molecule has 1 heterocycles.